The van der Waals surface area contributed by atoms with Gasteiger partial charge in [-0.25, -0.2) is 9.18 Å². The largest absolute Gasteiger partial charge is 0.444 e. The summed E-state index contributed by atoms with van der Waals surface area (Å²) in [6.45, 7) is 3.57. The zero-order valence-electron chi connectivity index (χ0n) is 18.0. The fourth-order valence-corrected chi connectivity index (χ4v) is 4.78. The van der Waals surface area contributed by atoms with Gasteiger partial charge in [-0.05, 0) is 60.7 Å². The molecule has 2 atom stereocenters. The highest BCUT2D eigenvalue weighted by molar-refractivity contribution is 5.89. The summed E-state index contributed by atoms with van der Waals surface area (Å²) in [5.41, 5.74) is 3.17. The predicted octanol–water partition coefficient (Wildman–Crippen LogP) is 4.15. The Morgan fingerprint density at radius 3 is 2.62 bits per heavy atom. The smallest absolute Gasteiger partial charge is 0.414 e. The Balaban J connectivity index is 1.22. The molecule has 0 spiro atoms. The molecular formula is C25H26FN3O3. The van der Waals surface area contributed by atoms with Crippen LogP contribution in [0, 0.1) is 5.82 Å². The molecule has 1 fully saturated rings. The van der Waals surface area contributed by atoms with Gasteiger partial charge in [-0.1, -0.05) is 25.5 Å². The van der Waals surface area contributed by atoms with E-state index in [1.165, 1.54) is 17.7 Å². The van der Waals surface area contributed by atoms with E-state index in [9.17, 15) is 14.0 Å². The standard InChI is InChI=1S/C25H26FN3O3/c1-2-3-16-4-8-18(9-5-16)28-14-19(32-25(28)31)12-13-27-21-15-29-22(30)11-7-17-6-10-20(26)23(21)24(17)29/h4-11,19,21,27H,2-3,12-15H2,1H3/t19-,21?/m1/s1. The van der Waals surface area contributed by atoms with Gasteiger partial charge in [-0.3, -0.25) is 9.69 Å². The number of aryl methyl sites for hydroxylation is 1. The molecule has 7 heteroatoms. The number of halogens is 1. The molecule has 2 aliphatic rings. The van der Waals surface area contributed by atoms with E-state index in [-0.39, 0.29) is 29.6 Å². The number of nitrogens with zero attached hydrogens (tertiary/aromatic N) is 2. The first-order chi connectivity index (χ1) is 15.5. The number of ether oxygens (including phenoxy) is 1. The first kappa shape index (κ1) is 20.7. The second kappa shape index (κ2) is 8.39. The minimum atomic E-state index is -0.339. The van der Waals surface area contributed by atoms with E-state index < -0.39 is 0 Å². The maximum atomic E-state index is 14.6. The van der Waals surface area contributed by atoms with Gasteiger partial charge in [0.05, 0.1) is 18.1 Å². The van der Waals surface area contributed by atoms with Gasteiger partial charge in [0.25, 0.3) is 5.56 Å². The van der Waals surface area contributed by atoms with E-state index >= 15 is 0 Å². The second-order valence-corrected chi connectivity index (χ2v) is 8.51. The fraction of sp³-hybridized carbons (Fsp3) is 0.360. The molecule has 32 heavy (non-hydrogen) atoms. The van der Waals surface area contributed by atoms with Crippen molar-refractivity contribution >= 4 is 22.7 Å². The van der Waals surface area contributed by atoms with Crippen LogP contribution in [-0.4, -0.2) is 29.9 Å². The molecule has 6 nitrogen and oxygen atoms in total. The van der Waals surface area contributed by atoms with Gasteiger partial charge in [-0.2, -0.15) is 0 Å². The van der Waals surface area contributed by atoms with Gasteiger partial charge >= 0.3 is 6.09 Å². The molecule has 3 aromatic rings. The number of hydrogen-bond acceptors (Lipinski definition) is 4. The molecule has 2 aromatic carbocycles. The molecule has 0 saturated carbocycles. The van der Waals surface area contributed by atoms with Gasteiger partial charge in [0.1, 0.15) is 11.9 Å². The lowest BCUT2D eigenvalue weighted by Gasteiger charge is -2.16. The van der Waals surface area contributed by atoms with Gasteiger partial charge in [0.2, 0.25) is 0 Å². The molecule has 166 valence electrons. The highest BCUT2D eigenvalue weighted by Crippen LogP contribution is 2.33. The molecule has 1 aromatic heterocycles. The number of benzene rings is 2. The fourth-order valence-electron chi connectivity index (χ4n) is 4.78. The van der Waals surface area contributed by atoms with Gasteiger partial charge in [0, 0.05) is 23.9 Å². The third kappa shape index (κ3) is 3.66. The number of hydrogen-bond donors (Lipinski definition) is 1. The molecule has 1 N–H and O–H groups in total. The second-order valence-electron chi connectivity index (χ2n) is 8.51. The summed E-state index contributed by atoms with van der Waals surface area (Å²) in [4.78, 5) is 26.3. The topological polar surface area (TPSA) is 63.6 Å². The SMILES string of the molecule is CCCc1ccc(N2C[C@@H](CCNC3Cn4c(=O)ccc5ccc(F)c3c54)OC2=O)cc1. The highest BCUT2D eigenvalue weighted by atomic mass is 19.1. The lowest BCUT2D eigenvalue weighted by Crippen LogP contribution is -2.29. The van der Waals surface area contributed by atoms with Crippen LogP contribution >= 0.6 is 0 Å². The number of carbonyl (C=O) groups is 1. The monoisotopic (exact) mass is 435 g/mol. The first-order valence-electron chi connectivity index (χ1n) is 11.2. The summed E-state index contributed by atoms with van der Waals surface area (Å²) in [5.74, 6) is -0.308. The quantitative estimate of drug-likeness (QED) is 0.606. The first-order valence-corrected chi connectivity index (χ1v) is 11.2. The van der Waals surface area contributed by atoms with Crippen molar-refractivity contribution in [1.29, 1.82) is 0 Å². The van der Waals surface area contributed by atoms with Crippen LogP contribution in [0.4, 0.5) is 14.9 Å². The minimum absolute atomic E-state index is 0.126. The number of rotatable bonds is 7. The predicted molar refractivity (Wildman–Crippen MR) is 122 cm³/mol. The number of anilines is 1. The van der Waals surface area contributed by atoms with Crippen LogP contribution in [-0.2, 0) is 17.7 Å². The molecule has 2 aliphatic heterocycles. The molecular weight excluding hydrogens is 409 g/mol. The lowest BCUT2D eigenvalue weighted by atomic mass is 10.1. The number of nitrogens with one attached hydrogen (secondary N) is 1. The molecule has 1 saturated heterocycles. The molecule has 0 bridgehead atoms. The Morgan fingerprint density at radius 1 is 1.06 bits per heavy atom. The van der Waals surface area contributed by atoms with Crippen molar-refractivity contribution in [2.45, 2.75) is 44.9 Å². The van der Waals surface area contributed by atoms with Gasteiger partial charge in [0.15, 0.2) is 0 Å². The number of carbonyl (C=O) groups excluding carboxylic acids is 1. The van der Waals surface area contributed by atoms with E-state index in [4.69, 9.17) is 4.74 Å². The minimum Gasteiger partial charge on any atom is -0.444 e. The van der Waals surface area contributed by atoms with Crippen LogP contribution in [0.1, 0.15) is 36.9 Å². The summed E-state index contributed by atoms with van der Waals surface area (Å²) in [5, 5.41) is 4.22. The Labute approximate surface area is 185 Å². The summed E-state index contributed by atoms with van der Waals surface area (Å²) in [6, 6.07) is 14.2. The van der Waals surface area contributed by atoms with Crippen LogP contribution in [0.2, 0.25) is 0 Å². The zero-order valence-corrected chi connectivity index (χ0v) is 18.0. The van der Waals surface area contributed by atoms with E-state index in [0.29, 0.717) is 37.1 Å². The molecule has 0 radical (unpaired) electrons. The Kier molecular flexibility index (Phi) is 5.43. The van der Waals surface area contributed by atoms with Crippen molar-refractivity contribution in [3.63, 3.8) is 0 Å². The van der Waals surface area contributed by atoms with Crippen LogP contribution in [0.25, 0.3) is 10.9 Å². The number of amides is 1. The number of cyclic esters (lactones) is 1. The third-order valence-corrected chi connectivity index (χ3v) is 6.37. The summed E-state index contributed by atoms with van der Waals surface area (Å²) < 4.78 is 21.8. The van der Waals surface area contributed by atoms with Crippen molar-refractivity contribution in [2.24, 2.45) is 0 Å². The number of aromatic nitrogens is 1. The van der Waals surface area contributed by atoms with Crippen LogP contribution < -0.4 is 15.8 Å². The van der Waals surface area contributed by atoms with E-state index in [2.05, 4.69) is 24.4 Å². The van der Waals surface area contributed by atoms with Crippen molar-refractivity contribution in [3.8, 4) is 0 Å². The summed E-state index contributed by atoms with van der Waals surface area (Å²) in [7, 11) is 0. The molecule has 0 aliphatic carbocycles. The average Bonchev–Trinajstić information content (AvgIpc) is 3.36. The van der Waals surface area contributed by atoms with E-state index in [1.54, 1.807) is 21.6 Å². The van der Waals surface area contributed by atoms with E-state index in [0.717, 1.165) is 23.9 Å². The molecule has 3 heterocycles. The normalized spacial score (nSPS) is 19.7. The number of pyridine rings is 1. The highest BCUT2D eigenvalue weighted by Gasteiger charge is 2.33. The van der Waals surface area contributed by atoms with Crippen LogP contribution in [0.15, 0.2) is 53.3 Å². The Hall–Kier alpha value is -3.19. The summed E-state index contributed by atoms with van der Waals surface area (Å²) in [6.07, 6.45) is 2.13. The van der Waals surface area contributed by atoms with Crippen LogP contribution in [0.5, 0.6) is 0 Å². The third-order valence-electron chi connectivity index (χ3n) is 6.37. The average molecular weight is 435 g/mol. The Morgan fingerprint density at radius 2 is 1.84 bits per heavy atom. The maximum absolute atomic E-state index is 14.6. The molecule has 1 unspecified atom stereocenters. The van der Waals surface area contributed by atoms with Crippen molar-refractivity contribution < 1.29 is 13.9 Å². The summed E-state index contributed by atoms with van der Waals surface area (Å²) >= 11 is 0. The molecule has 1 amide bonds. The van der Waals surface area contributed by atoms with Crippen molar-refractivity contribution in [2.75, 3.05) is 18.0 Å². The molecule has 5 rings (SSSR count). The Bertz CT molecular complexity index is 1220. The van der Waals surface area contributed by atoms with Gasteiger partial charge < -0.3 is 14.6 Å². The van der Waals surface area contributed by atoms with E-state index in [1.807, 2.05) is 12.1 Å². The lowest BCUT2D eigenvalue weighted by molar-refractivity contribution is 0.136. The van der Waals surface area contributed by atoms with Gasteiger partial charge in [-0.15, -0.1) is 0 Å². The van der Waals surface area contributed by atoms with Crippen molar-refractivity contribution in [1.82, 2.24) is 9.88 Å². The zero-order chi connectivity index (χ0) is 22.2. The van der Waals surface area contributed by atoms with Crippen LogP contribution in [0.3, 0.4) is 0 Å². The maximum Gasteiger partial charge on any atom is 0.414 e. The van der Waals surface area contributed by atoms with Crippen molar-refractivity contribution in [3.05, 3.63) is 75.8 Å².